The fourth-order valence-corrected chi connectivity index (χ4v) is 2.79. The highest BCUT2D eigenvalue weighted by Gasteiger charge is 2.19. The normalized spacial score (nSPS) is 17.8. The van der Waals surface area contributed by atoms with Crippen LogP contribution in [0.15, 0.2) is 24.3 Å². The van der Waals surface area contributed by atoms with Crippen LogP contribution in [-0.2, 0) is 6.54 Å². The summed E-state index contributed by atoms with van der Waals surface area (Å²) in [5.41, 5.74) is 0.823. The Hall–Kier alpha value is -0.930. The first-order valence-electron chi connectivity index (χ1n) is 7.81. The number of likely N-dealkylation sites (tertiary alicyclic amines) is 1. The molecular formula is C17H27FN2. The molecule has 0 aliphatic carbocycles. The molecule has 0 amide bonds. The van der Waals surface area contributed by atoms with Gasteiger partial charge in [0.05, 0.1) is 0 Å². The van der Waals surface area contributed by atoms with Gasteiger partial charge in [0.1, 0.15) is 5.82 Å². The number of hydrogen-bond donors (Lipinski definition) is 1. The largest absolute Gasteiger partial charge is 0.316 e. The van der Waals surface area contributed by atoms with Gasteiger partial charge in [-0.05, 0) is 56.9 Å². The van der Waals surface area contributed by atoms with Crippen LogP contribution in [0, 0.1) is 17.7 Å². The second-order valence-electron chi connectivity index (χ2n) is 6.36. The Bertz CT molecular complexity index is 398. The van der Waals surface area contributed by atoms with Crippen molar-refractivity contribution in [3.8, 4) is 0 Å². The molecule has 2 nitrogen and oxygen atoms in total. The van der Waals surface area contributed by atoms with E-state index in [1.165, 1.54) is 12.8 Å². The van der Waals surface area contributed by atoms with Crippen LogP contribution in [0.3, 0.4) is 0 Å². The van der Waals surface area contributed by atoms with Crippen molar-refractivity contribution in [2.24, 2.45) is 11.8 Å². The van der Waals surface area contributed by atoms with Gasteiger partial charge in [0, 0.05) is 12.1 Å². The third-order valence-electron chi connectivity index (χ3n) is 4.04. The van der Waals surface area contributed by atoms with Gasteiger partial charge in [-0.2, -0.15) is 0 Å². The predicted octanol–water partition coefficient (Wildman–Crippen LogP) is 3.28. The topological polar surface area (TPSA) is 15.3 Å². The summed E-state index contributed by atoms with van der Waals surface area (Å²) < 4.78 is 13.6. The quantitative estimate of drug-likeness (QED) is 0.859. The summed E-state index contributed by atoms with van der Waals surface area (Å²) in [4.78, 5) is 2.37. The van der Waals surface area contributed by atoms with Crippen LogP contribution >= 0.6 is 0 Å². The van der Waals surface area contributed by atoms with Crippen molar-refractivity contribution in [3.63, 3.8) is 0 Å². The molecule has 1 N–H and O–H groups in total. The Balaban J connectivity index is 1.70. The van der Waals surface area contributed by atoms with Crippen molar-refractivity contribution in [3.05, 3.63) is 35.6 Å². The summed E-state index contributed by atoms with van der Waals surface area (Å²) in [5.74, 6) is 1.43. The molecule has 20 heavy (non-hydrogen) atoms. The summed E-state index contributed by atoms with van der Waals surface area (Å²) in [6, 6.07) is 7.12. The summed E-state index contributed by atoms with van der Waals surface area (Å²) in [6.07, 6.45) is 2.44. The third kappa shape index (κ3) is 4.88. The molecule has 1 fully saturated rings. The smallest absolute Gasteiger partial charge is 0.127 e. The zero-order valence-corrected chi connectivity index (χ0v) is 12.7. The average molecular weight is 278 g/mol. The number of nitrogens with zero attached hydrogens (tertiary/aromatic N) is 1. The van der Waals surface area contributed by atoms with Crippen LogP contribution in [0.1, 0.15) is 32.3 Å². The third-order valence-corrected chi connectivity index (χ3v) is 4.04. The van der Waals surface area contributed by atoms with Crippen molar-refractivity contribution >= 4 is 0 Å². The Morgan fingerprint density at radius 1 is 1.25 bits per heavy atom. The summed E-state index contributed by atoms with van der Waals surface area (Å²) in [6.45, 7) is 9.64. The van der Waals surface area contributed by atoms with Crippen LogP contribution in [0.5, 0.6) is 0 Å². The van der Waals surface area contributed by atoms with Gasteiger partial charge in [-0.15, -0.1) is 0 Å². The maximum Gasteiger partial charge on any atom is 0.127 e. The van der Waals surface area contributed by atoms with E-state index in [2.05, 4.69) is 24.1 Å². The molecule has 0 bridgehead atoms. The molecule has 1 saturated heterocycles. The Morgan fingerprint density at radius 2 is 1.95 bits per heavy atom. The second kappa shape index (κ2) is 7.75. The number of nitrogens with one attached hydrogen (secondary N) is 1. The summed E-state index contributed by atoms with van der Waals surface area (Å²) >= 11 is 0. The van der Waals surface area contributed by atoms with E-state index in [0.29, 0.717) is 0 Å². The van der Waals surface area contributed by atoms with E-state index in [1.807, 2.05) is 12.1 Å². The lowest BCUT2D eigenvalue weighted by molar-refractivity contribution is 0.173. The van der Waals surface area contributed by atoms with Gasteiger partial charge in [0.15, 0.2) is 0 Å². The Kier molecular flexibility index (Phi) is 5.99. The number of halogens is 1. The molecule has 1 heterocycles. The van der Waals surface area contributed by atoms with E-state index < -0.39 is 0 Å². The van der Waals surface area contributed by atoms with Gasteiger partial charge in [0.25, 0.3) is 0 Å². The van der Waals surface area contributed by atoms with Crippen LogP contribution < -0.4 is 5.32 Å². The first-order valence-corrected chi connectivity index (χ1v) is 7.81. The molecule has 0 aromatic heterocycles. The highest BCUT2D eigenvalue weighted by Crippen LogP contribution is 2.19. The van der Waals surface area contributed by atoms with E-state index in [0.717, 1.165) is 50.1 Å². The SMILES string of the molecule is CC(C)CNCC1CCN(Cc2ccccc2F)CC1. The zero-order valence-electron chi connectivity index (χ0n) is 12.7. The predicted molar refractivity (Wildman–Crippen MR) is 82.1 cm³/mol. The van der Waals surface area contributed by atoms with Crippen LogP contribution in [0.2, 0.25) is 0 Å². The van der Waals surface area contributed by atoms with Gasteiger partial charge in [-0.3, -0.25) is 4.90 Å². The van der Waals surface area contributed by atoms with E-state index >= 15 is 0 Å². The minimum Gasteiger partial charge on any atom is -0.316 e. The van der Waals surface area contributed by atoms with Gasteiger partial charge in [0.2, 0.25) is 0 Å². The minimum atomic E-state index is -0.0757. The molecule has 0 atom stereocenters. The molecule has 1 aromatic rings. The van der Waals surface area contributed by atoms with Crippen molar-refractivity contribution in [1.29, 1.82) is 0 Å². The van der Waals surface area contributed by atoms with Crippen LogP contribution in [0.4, 0.5) is 4.39 Å². The Morgan fingerprint density at radius 3 is 2.60 bits per heavy atom. The molecule has 112 valence electrons. The first kappa shape index (κ1) is 15.5. The van der Waals surface area contributed by atoms with Crippen molar-refractivity contribution < 1.29 is 4.39 Å². The van der Waals surface area contributed by atoms with Crippen LogP contribution in [-0.4, -0.2) is 31.1 Å². The molecule has 0 spiro atoms. The molecule has 0 saturated carbocycles. The highest BCUT2D eigenvalue weighted by atomic mass is 19.1. The molecule has 2 rings (SSSR count). The van der Waals surface area contributed by atoms with Gasteiger partial charge < -0.3 is 5.32 Å². The molecule has 1 aromatic carbocycles. The van der Waals surface area contributed by atoms with Gasteiger partial charge in [-0.25, -0.2) is 4.39 Å². The van der Waals surface area contributed by atoms with E-state index in [1.54, 1.807) is 12.1 Å². The standard InChI is InChI=1S/C17H27FN2/c1-14(2)11-19-12-15-7-9-20(10-8-15)13-16-5-3-4-6-17(16)18/h3-6,14-15,19H,7-13H2,1-2H3. The molecule has 0 unspecified atom stereocenters. The second-order valence-corrected chi connectivity index (χ2v) is 6.36. The average Bonchev–Trinajstić information content (AvgIpc) is 2.43. The van der Waals surface area contributed by atoms with Crippen molar-refractivity contribution in [2.45, 2.75) is 33.2 Å². The lowest BCUT2D eigenvalue weighted by atomic mass is 9.96. The van der Waals surface area contributed by atoms with Crippen LogP contribution in [0.25, 0.3) is 0 Å². The monoisotopic (exact) mass is 278 g/mol. The van der Waals surface area contributed by atoms with E-state index in [-0.39, 0.29) is 5.82 Å². The van der Waals surface area contributed by atoms with Gasteiger partial charge >= 0.3 is 0 Å². The van der Waals surface area contributed by atoms with E-state index in [9.17, 15) is 4.39 Å². The number of piperidine rings is 1. The minimum absolute atomic E-state index is 0.0757. The zero-order chi connectivity index (χ0) is 14.4. The van der Waals surface area contributed by atoms with Crippen molar-refractivity contribution in [2.75, 3.05) is 26.2 Å². The lowest BCUT2D eigenvalue weighted by Gasteiger charge is -2.32. The molecule has 3 heteroatoms. The number of hydrogen-bond acceptors (Lipinski definition) is 2. The van der Waals surface area contributed by atoms with Crippen molar-refractivity contribution in [1.82, 2.24) is 10.2 Å². The lowest BCUT2D eigenvalue weighted by Crippen LogP contribution is -2.37. The molecule has 1 aliphatic heterocycles. The molecule has 0 radical (unpaired) electrons. The maximum atomic E-state index is 13.6. The first-order chi connectivity index (χ1) is 9.65. The van der Waals surface area contributed by atoms with Gasteiger partial charge in [-0.1, -0.05) is 32.0 Å². The Labute approximate surface area is 122 Å². The molecule has 1 aliphatic rings. The number of benzene rings is 1. The summed E-state index contributed by atoms with van der Waals surface area (Å²) in [7, 11) is 0. The highest BCUT2D eigenvalue weighted by molar-refractivity contribution is 5.17. The maximum absolute atomic E-state index is 13.6. The molecular weight excluding hydrogens is 251 g/mol. The fraction of sp³-hybridized carbons (Fsp3) is 0.647. The fourth-order valence-electron chi connectivity index (χ4n) is 2.79. The summed E-state index contributed by atoms with van der Waals surface area (Å²) in [5, 5.41) is 3.55. The van der Waals surface area contributed by atoms with E-state index in [4.69, 9.17) is 0 Å². The number of rotatable bonds is 6.